The zero-order chi connectivity index (χ0) is 19.5. The molecule has 0 saturated heterocycles. The summed E-state index contributed by atoms with van der Waals surface area (Å²) in [5, 5.41) is 23.8. The van der Waals surface area contributed by atoms with E-state index in [0.717, 1.165) is 38.5 Å². The molecule has 148 valence electrons. The van der Waals surface area contributed by atoms with Gasteiger partial charge in [0.1, 0.15) is 18.8 Å². The van der Waals surface area contributed by atoms with Gasteiger partial charge in [-0.2, -0.15) is 5.10 Å². The molecule has 28 heavy (non-hydrogen) atoms. The lowest BCUT2D eigenvalue weighted by Crippen LogP contribution is -2.58. The number of esters is 1. The first-order valence-corrected chi connectivity index (χ1v) is 9.51. The highest BCUT2D eigenvalue weighted by Gasteiger charge is 2.61. The Hall–Kier alpha value is -2.78. The summed E-state index contributed by atoms with van der Waals surface area (Å²) in [6, 6.07) is 0. The van der Waals surface area contributed by atoms with Crippen molar-refractivity contribution in [3.8, 4) is 0 Å². The third-order valence-corrected chi connectivity index (χ3v) is 6.74. The van der Waals surface area contributed by atoms with Crippen molar-refractivity contribution in [3.05, 3.63) is 34.3 Å². The molecule has 0 aromatic carbocycles. The van der Waals surface area contributed by atoms with E-state index in [1.165, 1.54) is 13.3 Å². The topological polar surface area (TPSA) is 126 Å². The van der Waals surface area contributed by atoms with Crippen molar-refractivity contribution in [2.45, 2.75) is 55.9 Å². The average molecular weight is 387 g/mol. The monoisotopic (exact) mass is 387 g/mol. The van der Waals surface area contributed by atoms with Crippen LogP contribution in [0.4, 0.5) is 5.69 Å². The van der Waals surface area contributed by atoms with Crippen LogP contribution in [0.25, 0.3) is 0 Å². The molecule has 4 aliphatic carbocycles. The van der Waals surface area contributed by atoms with Crippen molar-refractivity contribution < 1.29 is 18.9 Å². The molecule has 0 amide bonds. The molecule has 4 saturated carbocycles. The predicted molar refractivity (Wildman–Crippen MR) is 93.2 cm³/mol. The lowest BCUT2D eigenvalue weighted by Gasteiger charge is -2.60. The molecule has 4 bridgehead atoms. The molecule has 0 spiro atoms. The first kappa shape index (κ1) is 17.3. The van der Waals surface area contributed by atoms with Crippen molar-refractivity contribution in [1.29, 1.82) is 0 Å². The van der Waals surface area contributed by atoms with E-state index in [9.17, 15) is 14.9 Å². The van der Waals surface area contributed by atoms with Crippen LogP contribution in [0.2, 0.25) is 0 Å². The van der Waals surface area contributed by atoms with E-state index in [0.29, 0.717) is 17.7 Å². The molecule has 10 heteroatoms. The molecule has 0 radical (unpaired) electrons. The SMILES string of the molecule is COC(=O)Cc1nnc(C23CC4CC(C2)CC(n2cc([N+](=O)[O-])cn2)(C4)C3)o1. The average Bonchev–Trinajstić information content (AvgIpc) is 3.31. The first-order chi connectivity index (χ1) is 13.4. The van der Waals surface area contributed by atoms with Crippen LogP contribution in [-0.4, -0.2) is 38.0 Å². The number of carbonyl (C=O) groups excluding carboxylic acids is 1. The van der Waals surface area contributed by atoms with E-state index in [2.05, 4.69) is 20.0 Å². The minimum absolute atomic E-state index is 0.0166. The van der Waals surface area contributed by atoms with Gasteiger partial charge in [-0.1, -0.05) is 0 Å². The number of methoxy groups -OCH3 is 1. The lowest BCUT2D eigenvalue weighted by molar-refractivity contribution is -0.385. The molecule has 2 aromatic rings. The summed E-state index contributed by atoms with van der Waals surface area (Å²) in [5.74, 6) is 1.43. The van der Waals surface area contributed by atoms with Gasteiger partial charge in [-0.25, -0.2) is 0 Å². The van der Waals surface area contributed by atoms with Gasteiger partial charge in [0, 0.05) is 0 Å². The molecular weight excluding hydrogens is 366 g/mol. The number of rotatable bonds is 5. The summed E-state index contributed by atoms with van der Waals surface area (Å²) in [5.41, 5.74) is -0.496. The summed E-state index contributed by atoms with van der Waals surface area (Å²) < 4.78 is 12.4. The van der Waals surface area contributed by atoms with Gasteiger partial charge in [0.2, 0.25) is 11.8 Å². The second-order valence-electron chi connectivity index (χ2n) is 8.62. The molecule has 2 unspecified atom stereocenters. The van der Waals surface area contributed by atoms with Gasteiger partial charge < -0.3 is 9.15 Å². The number of hydrogen-bond donors (Lipinski definition) is 0. The Bertz CT molecular complexity index is 936. The van der Waals surface area contributed by atoms with E-state index < -0.39 is 10.9 Å². The minimum Gasteiger partial charge on any atom is -0.469 e. The standard InChI is InChI=1S/C18H21N5O5/c1-27-15(24)3-14-20-21-16(28-14)17-4-11-2-12(5-17)7-18(6-11,10-17)22-9-13(8-19-22)23(25)26/h8-9,11-12H,2-7,10H2,1H3. The van der Waals surface area contributed by atoms with E-state index in [1.54, 1.807) is 6.20 Å². The van der Waals surface area contributed by atoms with Gasteiger partial charge in [-0.15, -0.1) is 10.2 Å². The molecule has 4 aliphatic rings. The molecule has 0 aliphatic heterocycles. The van der Waals surface area contributed by atoms with Crippen LogP contribution in [0.15, 0.2) is 16.8 Å². The Morgan fingerprint density at radius 1 is 1.36 bits per heavy atom. The Morgan fingerprint density at radius 2 is 2.11 bits per heavy atom. The number of aromatic nitrogens is 4. The van der Waals surface area contributed by atoms with Crippen molar-refractivity contribution in [2.75, 3.05) is 7.11 Å². The zero-order valence-corrected chi connectivity index (χ0v) is 15.5. The quantitative estimate of drug-likeness (QED) is 0.434. The summed E-state index contributed by atoms with van der Waals surface area (Å²) >= 11 is 0. The van der Waals surface area contributed by atoms with E-state index >= 15 is 0 Å². The minimum atomic E-state index is -0.416. The lowest BCUT2D eigenvalue weighted by atomic mass is 9.47. The Balaban J connectivity index is 1.49. The molecule has 6 rings (SSSR count). The largest absolute Gasteiger partial charge is 0.469 e. The van der Waals surface area contributed by atoms with Gasteiger partial charge in [0.25, 0.3) is 0 Å². The Kier molecular flexibility index (Phi) is 3.62. The molecule has 10 nitrogen and oxygen atoms in total. The van der Waals surface area contributed by atoms with Crippen LogP contribution in [-0.2, 0) is 26.9 Å². The highest BCUT2D eigenvalue weighted by atomic mass is 16.6. The molecule has 2 aromatic heterocycles. The normalized spacial score (nSPS) is 33.2. The highest BCUT2D eigenvalue weighted by Crippen LogP contribution is 2.64. The van der Waals surface area contributed by atoms with E-state index in [4.69, 9.17) is 4.42 Å². The third-order valence-electron chi connectivity index (χ3n) is 6.74. The number of nitrogens with zero attached hydrogens (tertiary/aromatic N) is 5. The summed E-state index contributed by atoms with van der Waals surface area (Å²) in [6.45, 7) is 0. The van der Waals surface area contributed by atoms with Crippen LogP contribution >= 0.6 is 0 Å². The Morgan fingerprint density at radius 3 is 2.75 bits per heavy atom. The van der Waals surface area contributed by atoms with Gasteiger partial charge in [0.15, 0.2) is 0 Å². The predicted octanol–water partition coefficient (Wildman–Crippen LogP) is 2.14. The summed E-state index contributed by atoms with van der Waals surface area (Å²) in [4.78, 5) is 22.2. The van der Waals surface area contributed by atoms with Crippen LogP contribution in [0.3, 0.4) is 0 Å². The second-order valence-corrected chi connectivity index (χ2v) is 8.62. The van der Waals surface area contributed by atoms with Gasteiger partial charge in [-0.3, -0.25) is 19.6 Å². The van der Waals surface area contributed by atoms with Crippen molar-refractivity contribution >= 4 is 11.7 Å². The van der Waals surface area contributed by atoms with Crippen LogP contribution in [0.1, 0.15) is 50.3 Å². The van der Waals surface area contributed by atoms with Crippen molar-refractivity contribution in [3.63, 3.8) is 0 Å². The fraction of sp³-hybridized carbons (Fsp3) is 0.667. The maximum absolute atomic E-state index is 11.5. The fourth-order valence-electron chi connectivity index (χ4n) is 6.13. The maximum Gasteiger partial charge on any atom is 0.315 e. The van der Waals surface area contributed by atoms with Crippen LogP contribution in [0.5, 0.6) is 0 Å². The highest BCUT2D eigenvalue weighted by molar-refractivity contribution is 5.71. The fourth-order valence-corrected chi connectivity index (χ4v) is 6.13. The number of ether oxygens (including phenoxy) is 1. The van der Waals surface area contributed by atoms with Crippen LogP contribution < -0.4 is 0 Å². The molecule has 2 heterocycles. The van der Waals surface area contributed by atoms with Crippen LogP contribution in [0, 0.1) is 22.0 Å². The smallest absolute Gasteiger partial charge is 0.315 e. The van der Waals surface area contributed by atoms with E-state index in [1.807, 2.05) is 4.68 Å². The molecule has 0 N–H and O–H groups in total. The van der Waals surface area contributed by atoms with Crippen molar-refractivity contribution in [1.82, 2.24) is 20.0 Å². The molecule has 4 fully saturated rings. The van der Waals surface area contributed by atoms with E-state index in [-0.39, 0.29) is 29.0 Å². The zero-order valence-electron chi connectivity index (χ0n) is 15.5. The van der Waals surface area contributed by atoms with Gasteiger partial charge in [-0.05, 0) is 50.4 Å². The Labute approximate surface area is 160 Å². The summed E-state index contributed by atoms with van der Waals surface area (Å²) in [7, 11) is 1.33. The van der Waals surface area contributed by atoms with Gasteiger partial charge >= 0.3 is 11.7 Å². The first-order valence-electron chi connectivity index (χ1n) is 9.51. The number of nitro groups is 1. The summed E-state index contributed by atoms with van der Waals surface area (Å²) in [6.07, 6.45) is 8.64. The van der Waals surface area contributed by atoms with Crippen molar-refractivity contribution in [2.24, 2.45) is 11.8 Å². The number of hydrogen-bond acceptors (Lipinski definition) is 8. The third kappa shape index (κ3) is 2.54. The second kappa shape index (κ2) is 5.86. The molecule has 2 atom stereocenters. The maximum atomic E-state index is 11.5. The molecular formula is C18H21N5O5. The van der Waals surface area contributed by atoms with Gasteiger partial charge in [0.05, 0.1) is 23.0 Å². The number of carbonyl (C=O) groups is 1.